The highest BCUT2D eigenvalue weighted by Crippen LogP contribution is 2.34. The summed E-state index contributed by atoms with van der Waals surface area (Å²) in [6.07, 6.45) is 2.29. The van der Waals surface area contributed by atoms with E-state index in [0.717, 1.165) is 17.5 Å². The van der Waals surface area contributed by atoms with Gasteiger partial charge in [-0.25, -0.2) is 4.39 Å². The van der Waals surface area contributed by atoms with E-state index in [-0.39, 0.29) is 43.4 Å². The fraction of sp³-hybridized carbons (Fsp3) is 0.241. The van der Waals surface area contributed by atoms with Crippen LogP contribution in [0.5, 0.6) is 5.75 Å². The molecule has 6 nitrogen and oxygen atoms in total. The predicted octanol–water partition coefficient (Wildman–Crippen LogP) is 5.64. The van der Waals surface area contributed by atoms with Crippen molar-refractivity contribution in [1.82, 2.24) is 9.80 Å². The summed E-state index contributed by atoms with van der Waals surface area (Å²) in [7, 11) is 0. The van der Waals surface area contributed by atoms with Gasteiger partial charge in [0.05, 0.1) is 18.8 Å². The van der Waals surface area contributed by atoms with E-state index >= 15 is 0 Å². The third kappa shape index (κ3) is 5.59. The largest absolute Gasteiger partial charge is 0.491 e. The standard InChI is InChI=1S/C29H27FN2O4S/c1-20-6-2-3-10-24(20)29(34)31(17-23-9-5-14-35-23)18-28(33)32-13-11-27-25(12-15-37-27)26(32)19-36-22-8-4-7-21(30)16-22/h2-10,12,14-16,26H,11,13,17-19H2,1H3/t26-/m1/s1. The Morgan fingerprint density at radius 2 is 2.00 bits per heavy atom. The van der Waals surface area contributed by atoms with Gasteiger partial charge in [0.2, 0.25) is 5.91 Å². The number of halogens is 1. The zero-order valence-electron chi connectivity index (χ0n) is 20.4. The molecule has 5 rings (SSSR count). The Hall–Kier alpha value is -3.91. The molecule has 0 saturated heterocycles. The van der Waals surface area contributed by atoms with Crippen LogP contribution in [0.2, 0.25) is 0 Å². The van der Waals surface area contributed by atoms with Crippen molar-refractivity contribution in [3.05, 3.63) is 112 Å². The molecule has 0 fully saturated rings. The number of furan rings is 1. The zero-order valence-corrected chi connectivity index (χ0v) is 21.2. The van der Waals surface area contributed by atoms with Crippen molar-refractivity contribution in [1.29, 1.82) is 0 Å². The lowest BCUT2D eigenvalue weighted by atomic mass is 10.00. The fourth-order valence-electron chi connectivity index (χ4n) is 4.63. The number of hydrogen-bond acceptors (Lipinski definition) is 5. The lowest BCUT2D eigenvalue weighted by Crippen LogP contribution is -2.47. The Labute approximate surface area is 218 Å². The average molecular weight is 519 g/mol. The summed E-state index contributed by atoms with van der Waals surface area (Å²) in [4.78, 5) is 31.8. The normalized spacial score (nSPS) is 14.8. The predicted molar refractivity (Wildman–Crippen MR) is 139 cm³/mol. The van der Waals surface area contributed by atoms with Gasteiger partial charge in [-0.2, -0.15) is 0 Å². The van der Waals surface area contributed by atoms with Gasteiger partial charge in [0, 0.05) is 23.1 Å². The molecule has 4 aromatic rings. The van der Waals surface area contributed by atoms with Crippen molar-refractivity contribution >= 4 is 23.2 Å². The monoisotopic (exact) mass is 518 g/mol. The first-order chi connectivity index (χ1) is 18.0. The maximum atomic E-state index is 13.8. The van der Waals surface area contributed by atoms with E-state index in [4.69, 9.17) is 9.15 Å². The van der Waals surface area contributed by atoms with Crippen molar-refractivity contribution in [2.75, 3.05) is 19.7 Å². The molecule has 0 saturated carbocycles. The van der Waals surface area contributed by atoms with Gasteiger partial charge in [-0.3, -0.25) is 9.59 Å². The lowest BCUT2D eigenvalue weighted by Gasteiger charge is -2.37. The van der Waals surface area contributed by atoms with Gasteiger partial charge in [-0.1, -0.05) is 24.3 Å². The number of hydrogen-bond donors (Lipinski definition) is 0. The number of rotatable bonds is 8. The molecular weight excluding hydrogens is 491 g/mol. The van der Waals surface area contributed by atoms with E-state index in [2.05, 4.69) is 0 Å². The average Bonchev–Trinajstić information content (AvgIpc) is 3.59. The highest BCUT2D eigenvalue weighted by atomic mass is 32.1. The van der Waals surface area contributed by atoms with Crippen LogP contribution in [0.4, 0.5) is 4.39 Å². The summed E-state index contributed by atoms with van der Waals surface area (Å²) in [5.41, 5.74) is 2.42. The molecule has 0 spiro atoms. The van der Waals surface area contributed by atoms with Crippen LogP contribution in [-0.2, 0) is 17.8 Å². The second kappa shape index (κ2) is 11.0. The van der Waals surface area contributed by atoms with Crippen LogP contribution >= 0.6 is 11.3 Å². The van der Waals surface area contributed by atoms with Crippen LogP contribution in [0, 0.1) is 12.7 Å². The molecule has 0 N–H and O–H groups in total. The molecule has 0 aliphatic carbocycles. The first-order valence-electron chi connectivity index (χ1n) is 12.1. The third-order valence-electron chi connectivity index (χ3n) is 6.53. The van der Waals surface area contributed by atoms with Gasteiger partial charge in [0.25, 0.3) is 5.91 Å². The first kappa shape index (κ1) is 24.8. The minimum absolute atomic E-state index is 0.107. The summed E-state index contributed by atoms with van der Waals surface area (Å²) in [5.74, 6) is 0.207. The molecule has 1 aliphatic rings. The topological polar surface area (TPSA) is 63.0 Å². The Bertz CT molecular complexity index is 1380. The molecule has 8 heteroatoms. The number of carbonyl (C=O) groups excluding carboxylic acids is 2. The molecular formula is C29H27FN2O4S. The van der Waals surface area contributed by atoms with E-state index in [0.29, 0.717) is 23.6 Å². The van der Waals surface area contributed by atoms with Crippen LogP contribution in [0.3, 0.4) is 0 Å². The highest BCUT2D eigenvalue weighted by Gasteiger charge is 2.34. The number of benzene rings is 2. The van der Waals surface area contributed by atoms with Crippen LogP contribution in [0.25, 0.3) is 0 Å². The van der Waals surface area contributed by atoms with E-state index < -0.39 is 0 Å². The van der Waals surface area contributed by atoms with Crippen LogP contribution < -0.4 is 4.74 Å². The summed E-state index contributed by atoms with van der Waals surface area (Å²) >= 11 is 1.66. The Morgan fingerprint density at radius 3 is 2.78 bits per heavy atom. The molecule has 2 aromatic carbocycles. The summed E-state index contributed by atoms with van der Waals surface area (Å²) in [6, 6.07) is 18.5. The zero-order chi connectivity index (χ0) is 25.8. The molecule has 0 radical (unpaired) electrons. The van der Waals surface area contributed by atoms with E-state index in [1.165, 1.54) is 21.9 Å². The molecule has 0 unspecified atom stereocenters. The highest BCUT2D eigenvalue weighted by molar-refractivity contribution is 7.10. The van der Waals surface area contributed by atoms with E-state index in [1.54, 1.807) is 52.8 Å². The van der Waals surface area contributed by atoms with Gasteiger partial charge >= 0.3 is 0 Å². The van der Waals surface area contributed by atoms with Gasteiger partial charge in [-0.15, -0.1) is 11.3 Å². The van der Waals surface area contributed by atoms with E-state index in [1.807, 2.05) is 36.6 Å². The molecule has 2 amide bonds. The van der Waals surface area contributed by atoms with Crippen molar-refractivity contribution < 1.29 is 23.1 Å². The van der Waals surface area contributed by atoms with Gasteiger partial charge in [-0.05, 0) is 66.2 Å². The summed E-state index contributed by atoms with van der Waals surface area (Å²) in [6.45, 7) is 2.64. The SMILES string of the molecule is Cc1ccccc1C(=O)N(CC(=O)N1CCc2sccc2[C@H]1COc1cccc(F)c1)Cc1ccco1. The number of aryl methyl sites for hydroxylation is 1. The number of amides is 2. The smallest absolute Gasteiger partial charge is 0.255 e. The molecule has 1 aliphatic heterocycles. The molecule has 37 heavy (non-hydrogen) atoms. The first-order valence-corrected chi connectivity index (χ1v) is 13.0. The molecule has 1 atom stereocenters. The summed E-state index contributed by atoms with van der Waals surface area (Å²) < 4.78 is 25.1. The van der Waals surface area contributed by atoms with Gasteiger partial charge in [0.15, 0.2) is 0 Å². The Kier molecular flexibility index (Phi) is 7.37. The van der Waals surface area contributed by atoms with Crippen molar-refractivity contribution in [3.63, 3.8) is 0 Å². The minimum atomic E-state index is -0.381. The maximum absolute atomic E-state index is 13.8. The fourth-order valence-corrected chi connectivity index (χ4v) is 5.56. The van der Waals surface area contributed by atoms with Crippen molar-refractivity contribution in [2.45, 2.75) is 25.9 Å². The quantitative estimate of drug-likeness (QED) is 0.303. The second-order valence-corrected chi connectivity index (χ2v) is 9.98. The summed E-state index contributed by atoms with van der Waals surface area (Å²) in [5, 5.41) is 2.01. The van der Waals surface area contributed by atoms with Gasteiger partial charge < -0.3 is 19.0 Å². The Morgan fingerprint density at radius 1 is 1.14 bits per heavy atom. The molecule has 0 bridgehead atoms. The maximum Gasteiger partial charge on any atom is 0.255 e. The second-order valence-electron chi connectivity index (χ2n) is 8.98. The van der Waals surface area contributed by atoms with Crippen LogP contribution in [-0.4, -0.2) is 41.3 Å². The molecule has 190 valence electrons. The lowest BCUT2D eigenvalue weighted by molar-refractivity contribution is -0.135. The number of nitrogens with zero attached hydrogens (tertiary/aromatic N) is 2. The van der Waals surface area contributed by atoms with Crippen molar-refractivity contribution in [2.24, 2.45) is 0 Å². The Balaban J connectivity index is 1.38. The number of thiophene rings is 1. The van der Waals surface area contributed by atoms with Crippen LogP contribution in [0.15, 0.2) is 82.8 Å². The number of carbonyl (C=O) groups is 2. The van der Waals surface area contributed by atoms with Crippen LogP contribution in [0.1, 0.15) is 38.2 Å². The van der Waals surface area contributed by atoms with Crippen molar-refractivity contribution in [3.8, 4) is 5.75 Å². The van der Waals surface area contributed by atoms with Gasteiger partial charge in [0.1, 0.15) is 30.5 Å². The molecule has 3 heterocycles. The third-order valence-corrected chi connectivity index (χ3v) is 7.53. The molecule has 2 aromatic heterocycles. The minimum Gasteiger partial charge on any atom is -0.491 e. The number of fused-ring (bicyclic) bond motifs is 1. The van der Waals surface area contributed by atoms with E-state index in [9.17, 15) is 14.0 Å². The number of ether oxygens (including phenoxy) is 1.